The summed E-state index contributed by atoms with van der Waals surface area (Å²) in [5, 5.41) is 2.87. The molecule has 0 radical (unpaired) electrons. The normalized spacial score (nSPS) is 15.7. The molecular formula is C19H21BrFN3O2. The molecule has 1 aromatic heterocycles. The van der Waals surface area contributed by atoms with Crippen LogP contribution in [0.2, 0.25) is 0 Å². The van der Waals surface area contributed by atoms with Crippen molar-refractivity contribution in [2.75, 3.05) is 25.5 Å². The molecule has 0 atom stereocenters. The Bertz CT molecular complexity index is 762. The van der Waals surface area contributed by atoms with Crippen LogP contribution in [0.3, 0.4) is 0 Å². The van der Waals surface area contributed by atoms with Gasteiger partial charge in [0.25, 0.3) is 0 Å². The van der Waals surface area contributed by atoms with Gasteiger partial charge in [0.1, 0.15) is 17.4 Å². The molecule has 0 spiro atoms. The van der Waals surface area contributed by atoms with E-state index in [0.717, 1.165) is 36.0 Å². The van der Waals surface area contributed by atoms with E-state index in [9.17, 15) is 9.18 Å². The van der Waals surface area contributed by atoms with Crippen LogP contribution < -0.4 is 10.1 Å². The molecule has 5 nitrogen and oxygen atoms in total. The summed E-state index contributed by atoms with van der Waals surface area (Å²) < 4.78 is 19.7. The number of likely N-dealkylation sites (tertiary alicyclic amines) is 1. The Morgan fingerprint density at radius 2 is 2.12 bits per heavy atom. The number of amides is 1. The lowest BCUT2D eigenvalue weighted by molar-refractivity contribution is -0.121. The summed E-state index contributed by atoms with van der Waals surface area (Å²) in [5.74, 6) is 0.948. The number of ether oxygens (including phenoxy) is 1. The lowest BCUT2D eigenvalue weighted by Crippen LogP contribution is -2.37. The summed E-state index contributed by atoms with van der Waals surface area (Å²) >= 11 is 3.32. The van der Waals surface area contributed by atoms with Crippen LogP contribution in [0.1, 0.15) is 18.4 Å². The largest absolute Gasteiger partial charge is 0.496 e. The van der Waals surface area contributed by atoms with E-state index < -0.39 is 0 Å². The van der Waals surface area contributed by atoms with Gasteiger partial charge in [-0.1, -0.05) is 0 Å². The van der Waals surface area contributed by atoms with Crippen LogP contribution in [0.15, 0.2) is 41.0 Å². The Hall–Kier alpha value is -1.99. The molecule has 0 aliphatic carbocycles. The Morgan fingerprint density at radius 1 is 1.35 bits per heavy atom. The predicted octanol–water partition coefficient (Wildman–Crippen LogP) is 3.84. The van der Waals surface area contributed by atoms with Crippen molar-refractivity contribution in [2.45, 2.75) is 19.4 Å². The quantitative estimate of drug-likeness (QED) is 0.796. The molecule has 2 heterocycles. The minimum atomic E-state index is -0.267. The third-order valence-corrected chi connectivity index (χ3v) is 5.04. The molecule has 0 unspecified atom stereocenters. The Morgan fingerprint density at radius 3 is 2.77 bits per heavy atom. The van der Waals surface area contributed by atoms with Gasteiger partial charge in [-0.15, -0.1) is 0 Å². The van der Waals surface area contributed by atoms with Gasteiger partial charge in [0.2, 0.25) is 5.91 Å². The number of rotatable bonds is 5. The molecule has 1 N–H and O–H groups in total. The highest BCUT2D eigenvalue weighted by Crippen LogP contribution is 2.25. The fraction of sp³-hybridized carbons (Fsp3) is 0.368. The van der Waals surface area contributed by atoms with Crippen molar-refractivity contribution in [1.29, 1.82) is 0 Å². The maximum atomic E-state index is 13.5. The lowest BCUT2D eigenvalue weighted by Gasteiger charge is -2.31. The van der Waals surface area contributed by atoms with E-state index in [2.05, 4.69) is 31.1 Å². The molecule has 1 aliphatic rings. The average Bonchev–Trinajstić information content (AvgIpc) is 2.64. The van der Waals surface area contributed by atoms with Gasteiger partial charge in [0.05, 0.1) is 7.11 Å². The predicted molar refractivity (Wildman–Crippen MR) is 102 cm³/mol. The number of hydrogen-bond acceptors (Lipinski definition) is 4. The minimum absolute atomic E-state index is 0.00260. The van der Waals surface area contributed by atoms with Crippen molar-refractivity contribution in [3.63, 3.8) is 0 Å². The Balaban J connectivity index is 1.53. The monoisotopic (exact) mass is 421 g/mol. The SMILES string of the molecule is COc1ccc(F)cc1CN1CCC(C(=O)Nc2ccc(Br)cn2)CC1. The van der Waals surface area contributed by atoms with Crippen molar-refractivity contribution >= 4 is 27.7 Å². The van der Waals surface area contributed by atoms with E-state index in [1.54, 1.807) is 25.4 Å². The summed E-state index contributed by atoms with van der Waals surface area (Å²) in [5.41, 5.74) is 0.828. The summed E-state index contributed by atoms with van der Waals surface area (Å²) in [4.78, 5) is 18.8. The topological polar surface area (TPSA) is 54.5 Å². The van der Waals surface area contributed by atoms with Crippen LogP contribution in [0.5, 0.6) is 5.75 Å². The molecule has 0 bridgehead atoms. The highest BCUT2D eigenvalue weighted by atomic mass is 79.9. The number of anilines is 1. The summed E-state index contributed by atoms with van der Waals surface area (Å²) in [6.45, 7) is 2.18. The number of nitrogens with zero attached hydrogens (tertiary/aromatic N) is 2. The molecule has 2 aromatic rings. The van der Waals surface area contributed by atoms with Crippen molar-refractivity contribution in [3.05, 3.63) is 52.4 Å². The average molecular weight is 422 g/mol. The van der Waals surface area contributed by atoms with Crippen LogP contribution in [0.25, 0.3) is 0 Å². The zero-order valence-electron chi connectivity index (χ0n) is 14.5. The number of methoxy groups -OCH3 is 1. The number of carbonyl (C=O) groups excluding carboxylic acids is 1. The van der Waals surface area contributed by atoms with Gasteiger partial charge >= 0.3 is 0 Å². The second-order valence-electron chi connectivity index (χ2n) is 6.36. The van der Waals surface area contributed by atoms with E-state index in [1.165, 1.54) is 12.1 Å². The van der Waals surface area contributed by atoms with Gasteiger partial charge in [0, 0.05) is 28.7 Å². The van der Waals surface area contributed by atoms with E-state index in [0.29, 0.717) is 18.1 Å². The third kappa shape index (κ3) is 4.80. The summed E-state index contributed by atoms with van der Waals surface area (Å²) in [7, 11) is 1.59. The van der Waals surface area contributed by atoms with Crippen LogP contribution in [0.4, 0.5) is 10.2 Å². The van der Waals surface area contributed by atoms with Crippen molar-refractivity contribution in [1.82, 2.24) is 9.88 Å². The maximum absolute atomic E-state index is 13.5. The van der Waals surface area contributed by atoms with E-state index in [-0.39, 0.29) is 17.6 Å². The number of hydrogen-bond donors (Lipinski definition) is 1. The number of piperidine rings is 1. The summed E-state index contributed by atoms with van der Waals surface area (Å²) in [6, 6.07) is 8.17. The van der Waals surface area contributed by atoms with Crippen LogP contribution in [-0.2, 0) is 11.3 Å². The molecule has 7 heteroatoms. The zero-order chi connectivity index (χ0) is 18.5. The number of halogens is 2. The maximum Gasteiger partial charge on any atom is 0.228 e. The van der Waals surface area contributed by atoms with E-state index in [4.69, 9.17) is 4.74 Å². The first-order valence-corrected chi connectivity index (χ1v) is 9.31. The van der Waals surface area contributed by atoms with Crippen LogP contribution in [0, 0.1) is 11.7 Å². The van der Waals surface area contributed by atoms with Gasteiger partial charge in [0.15, 0.2) is 0 Å². The van der Waals surface area contributed by atoms with Crippen LogP contribution >= 0.6 is 15.9 Å². The third-order valence-electron chi connectivity index (χ3n) is 4.57. The highest BCUT2D eigenvalue weighted by molar-refractivity contribution is 9.10. The first-order chi connectivity index (χ1) is 12.5. The lowest BCUT2D eigenvalue weighted by atomic mass is 9.95. The van der Waals surface area contributed by atoms with Gasteiger partial charge in [-0.25, -0.2) is 9.37 Å². The first kappa shape index (κ1) is 18.8. The fourth-order valence-electron chi connectivity index (χ4n) is 3.14. The van der Waals surface area contributed by atoms with Crippen molar-refractivity contribution < 1.29 is 13.9 Å². The minimum Gasteiger partial charge on any atom is -0.496 e. The van der Waals surface area contributed by atoms with E-state index in [1.807, 2.05) is 6.07 Å². The number of carbonyl (C=O) groups is 1. The molecular weight excluding hydrogens is 401 g/mol. The summed E-state index contributed by atoms with van der Waals surface area (Å²) in [6.07, 6.45) is 3.19. The molecule has 138 valence electrons. The molecule has 1 fully saturated rings. The molecule has 1 aromatic carbocycles. The van der Waals surface area contributed by atoms with Gasteiger partial charge < -0.3 is 10.1 Å². The number of benzene rings is 1. The number of aromatic nitrogens is 1. The highest BCUT2D eigenvalue weighted by Gasteiger charge is 2.25. The molecule has 0 saturated carbocycles. The second-order valence-corrected chi connectivity index (χ2v) is 7.27. The standard InChI is InChI=1S/C19H21BrFN3O2/c1-26-17-4-3-16(21)10-14(17)12-24-8-6-13(7-9-24)19(25)23-18-5-2-15(20)11-22-18/h2-5,10-11,13H,6-9,12H2,1H3,(H,22,23,25). The van der Waals surface area contributed by atoms with E-state index >= 15 is 0 Å². The zero-order valence-corrected chi connectivity index (χ0v) is 16.1. The smallest absolute Gasteiger partial charge is 0.228 e. The van der Waals surface area contributed by atoms with Gasteiger partial charge in [-0.3, -0.25) is 9.69 Å². The second kappa shape index (κ2) is 8.60. The number of pyridine rings is 1. The van der Waals surface area contributed by atoms with Crippen molar-refractivity contribution in [3.8, 4) is 5.75 Å². The fourth-order valence-corrected chi connectivity index (χ4v) is 3.38. The van der Waals surface area contributed by atoms with Gasteiger partial charge in [-0.05, 0) is 72.2 Å². The molecule has 3 rings (SSSR count). The Labute approximate surface area is 160 Å². The molecule has 1 saturated heterocycles. The van der Waals surface area contributed by atoms with Crippen molar-refractivity contribution in [2.24, 2.45) is 5.92 Å². The number of nitrogens with one attached hydrogen (secondary N) is 1. The van der Waals surface area contributed by atoms with Gasteiger partial charge in [-0.2, -0.15) is 0 Å². The molecule has 1 aliphatic heterocycles. The molecule has 26 heavy (non-hydrogen) atoms. The molecule has 1 amide bonds. The Kier molecular flexibility index (Phi) is 6.21. The first-order valence-electron chi connectivity index (χ1n) is 8.52. The van der Waals surface area contributed by atoms with Crippen LogP contribution in [-0.4, -0.2) is 36.0 Å².